The van der Waals surface area contributed by atoms with E-state index in [1.54, 1.807) is 0 Å². The molecule has 0 bridgehead atoms. The molecule has 0 aliphatic rings. The molecule has 14 heavy (non-hydrogen) atoms. The zero-order valence-electron chi connectivity index (χ0n) is 7.37. The molecule has 5 heteroatoms. The molecule has 0 fully saturated rings. The van der Waals surface area contributed by atoms with E-state index in [9.17, 15) is 9.50 Å². The second kappa shape index (κ2) is 4.72. The van der Waals surface area contributed by atoms with Gasteiger partial charge in [-0.3, -0.25) is 0 Å². The van der Waals surface area contributed by atoms with Crippen molar-refractivity contribution in [2.45, 2.75) is 12.5 Å². The Morgan fingerprint density at radius 1 is 1.50 bits per heavy atom. The first kappa shape index (κ1) is 11.4. The molecule has 3 nitrogen and oxygen atoms in total. The Morgan fingerprint density at radius 3 is 2.71 bits per heavy atom. The Labute approximate surface area is 89.5 Å². The molecule has 1 unspecified atom stereocenters. The average molecular weight is 264 g/mol. The number of rotatable bonds is 3. The summed E-state index contributed by atoms with van der Waals surface area (Å²) in [7, 11) is 0. The van der Waals surface area contributed by atoms with Gasteiger partial charge in [-0.15, -0.1) is 0 Å². The third-order valence-electron chi connectivity index (χ3n) is 1.93. The monoisotopic (exact) mass is 263 g/mol. The van der Waals surface area contributed by atoms with Gasteiger partial charge in [-0.05, 0) is 18.6 Å². The zero-order chi connectivity index (χ0) is 10.7. The molecule has 1 aromatic rings. The highest BCUT2D eigenvalue weighted by Crippen LogP contribution is 2.33. The van der Waals surface area contributed by atoms with E-state index in [0.29, 0.717) is 10.0 Å². The van der Waals surface area contributed by atoms with Crippen molar-refractivity contribution in [1.29, 1.82) is 0 Å². The van der Waals surface area contributed by atoms with Crippen LogP contribution in [0.1, 0.15) is 18.0 Å². The number of aliphatic hydroxyl groups is 1. The second-order valence-electron chi connectivity index (χ2n) is 2.91. The fourth-order valence-electron chi connectivity index (χ4n) is 1.19. The highest BCUT2D eigenvalue weighted by Gasteiger charge is 2.17. The predicted molar refractivity (Wildman–Crippen MR) is 54.4 cm³/mol. The number of halogens is 2. The molecule has 0 aromatic heterocycles. The van der Waals surface area contributed by atoms with E-state index in [2.05, 4.69) is 15.9 Å². The van der Waals surface area contributed by atoms with Crippen LogP contribution in [0.25, 0.3) is 0 Å². The van der Waals surface area contributed by atoms with Crippen molar-refractivity contribution in [2.24, 2.45) is 5.73 Å². The van der Waals surface area contributed by atoms with E-state index < -0.39 is 17.6 Å². The Balaban J connectivity index is 3.11. The molecule has 0 aliphatic heterocycles. The summed E-state index contributed by atoms with van der Waals surface area (Å²) in [6, 6.07) is 2.04. The van der Waals surface area contributed by atoms with Crippen LogP contribution in [0.3, 0.4) is 0 Å². The molecular formula is C9H11BrFNO2. The SMILES string of the molecule is NC(CCO)c1c(Br)ccc(F)c1O. The van der Waals surface area contributed by atoms with Crippen LogP contribution < -0.4 is 5.73 Å². The maximum atomic E-state index is 13.0. The van der Waals surface area contributed by atoms with E-state index in [-0.39, 0.29) is 13.0 Å². The average Bonchev–Trinajstić information content (AvgIpc) is 2.13. The molecule has 0 spiro atoms. The molecule has 78 valence electrons. The first-order chi connectivity index (χ1) is 6.57. The molecule has 0 aliphatic carbocycles. The molecule has 1 rings (SSSR count). The number of aliphatic hydroxyl groups excluding tert-OH is 1. The van der Waals surface area contributed by atoms with Crippen molar-refractivity contribution in [2.75, 3.05) is 6.61 Å². The Kier molecular flexibility index (Phi) is 3.86. The van der Waals surface area contributed by atoms with Crippen molar-refractivity contribution in [3.63, 3.8) is 0 Å². The summed E-state index contributed by atoms with van der Waals surface area (Å²) < 4.78 is 13.5. The van der Waals surface area contributed by atoms with Gasteiger partial charge in [0.1, 0.15) is 0 Å². The normalized spacial score (nSPS) is 12.9. The Morgan fingerprint density at radius 2 is 2.14 bits per heavy atom. The molecule has 1 atom stereocenters. The van der Waals surface area contributed by atoms with E-state index in [4.69, 9.17) is 10.8 Å². The van der Waals surface area contributed by atoms with Crippen molar-refractivity contribution in [1.82, 2.24) is 0 Å². The summed E-state index contributed by atoms with van der Waals surface area (Å²) >= 11 is 3.16. The quantitative estimate of drug-likeness (QED) is 0.778. The smallest absolute Gasteiger partial charge is 0.165 e. The first-order valence-corrected chi connectivity index (χ1v) is 4.90. The first-order valence-electron chi connectivity index (χ1n) is 4.11. The lowest BCUT2D eigenvalue weighted by atomic mass is 10.0. The van der Waals surface area contributed by atoms with E-state index in [0.717, 1.165) is 6.07 Å². The number of benzene rings is 1. The lowest BCUT2D eigenvalue weighted by molar-refractivity contribution is 0.275. The molecule has 0 saturated heterocycles. The van der Waals surface area contributed by atoms with E-state index in [1.165, 1.54) is 6.07 Å². The highest BCUT2D eigenvalue weighted by atomic mass is 79.9. The van der Waals surface area contributed by atoms with E-state index >= 15 is 0 Å². The minimum absolute atomic E-state index is 0.108. The van der Waals surface area contributed by atoms with Gasteiger partial charge in [0.25, 0.3) is 0 Å². The number of phenolic OH excluding ortho intramolecular Hbond substituents is 1. The van der Waals surface area contributed by atoms with Gasteiger partial charge in [-0.25, -0.2) is 4.39 Å². The van der Waals surface area contributed by atoms with Gasteiger partial charge in [0.05, 0.1) is 0 Å². The van der Waals surface area contributed by atoms with Crippen molar-refractivity contribution < 1.29 is 14.6 Å². The lowest BCUT2D eigenvalue weighted by Crippen LogP contribution is -2.13. The van der Waals surface area contributed by atoms with E-state index in [1.807, 2.05) is 0 Å². The maximum absolute atomic E-state index is 13.0. The number of aromatic hydroxyl groups is 1. The predicted octanol–water partition coefficient (Wildman–Crippen LogP) is 1.68. The molecule has 0 heterocycles. The van der Waals surface area contributed by atoms with Crippen LogP contribution in [0.5, 0.6) is 5.75 Å². The Hall–Kier alpha value is -0.650. The summed E-state index contributed by atoms with van der Waals surface area (Å²) in [6.07, 6.45) is 0.273. The van der Waals surface area contributed by atoms with Crippen LogP contribution in [-0.4, -0.2) is 16.8 Å². The number of phenols is 1. The van der Waals surface area contributed by atoms with Crippen LogP contribution >= 0.6 is 15.9 Å². The van der Waals surface area contributed by atoms with Crippen molar-refractivity contribution in [3.05, 3.63) is 28.0 Å². The highest BCUT2D eigenvalue weighted by molar-refractivity contribution is 9.10. The molecular weight excluding hydrogens is 253 g/mol. The largest absolute Gasteiger partial charge is 0.505 e. The summed E-state index contributed by atoms with van der Waals surface area (Å²) in [6.45, 7) is -0.108. The number of nitrogens with two attached hydrogens (primary N) is 1. The van der Waals surface area contributed by atoms with Gasteiger partial charge in [0.15, 0.2) is 11.6 Å². The second-order valence-corrected chi connectivity index (χ2v) is 3.76. The van der Waals surface area contributed by atoms with Crippen LogP contribution in [0, 0.1) is 5.82 Å². The third kappa shape index (κ3) is 2.23. The summed E-state index contributed by atoms with van der Waals surface area (Å²) in [5.41, 5.74) is 5.95. The number of hydrogen-bond acceptors (Lipinski definition) is 3. The van der Waals surface area contributed by atoms with Crippen molar-refractivity contribution in [3.8, 4) is 5.75 Å². The van der Waals surface area contributed by atoms with Gasteiger partial charge in [0, 0.05) is 22.7 Å². The third-order valence-corrected chi connectivity index (χ3v) is 2.62. The van der Waals surface area contributed by atoms with Gasteiger partial charge in [-0.1, -0.05) is 15.9 Å². The summed E-state index contributed by atoms with van der Waals surface area (Å²) in [4.78, 5) is 0. The van der Waals surface area contributed by atoms with Gasteiger partial charge in [-0.2, -0.15) is 0 Å². The summed E-state index contributed by atoms with van der Waals surface area (Å²) in [5.74, 6) is -1.17. The molecule has 0 saturated carbocycles. The van der Waals surface area contributed by atoms with Crippen LogP contribution in [0.4, 0.5) is 4.39 Å². The molecule has 1 aromatic carbocycles. The van der Waals surface area contributed by atoms with Gasteiger partial charge < -0.3 is 15.9 Å². The fraction of sp³-hybridized carbons (Fsp3) is 0.333. The molecule has 0 radical (unpaired) electrons. The maximum Gasteiger partial charge on any atom is 0.165 e. The molecule has 0 amide bonds. The topological polar surface area (TPSA) is 66.5 Å². The standard InChI is InChI=1S/C9H11BrFNO2/c10-5-1-2-6(11)9(14)8(5)7(12)3-4-13/h1-2,7,13-14H,3-4,12H2. The summed E-state index contributed by atoms with van der Waals surface area (Å²) in [5, 5.41) is 18.1. The van der Waals surface area contributed by atoms with Crippen molar-refractivity contribution >= 4 is 15.9 Å². The van der Waals surface area contributed by atoms with Crippen LogP contribution in [-0.2, 0) is 0 Å². The van der Waals surface area contributed by atoms with Crippen LogP contribution in [0.15, 0.2) is 16.6 Å². The minimum Gasteiger partial charge on any atom is -0.505 e. The molecule has 4 N–H and O–H groups in total. The lowest BCUT2D eigenvalue weighted by Gasteiger charge is -2.14. The number of hydrogen-bond donors (Lipinski definition) is 3. The zero-order valence-corrected chi connectivity index (χ0v) is 8.96. The minimum atomic E-state index is -0.711. The van der Waals surface area contributed by atoms with Crippen LogP contribution in [0.2, 0.25) is 0 Å². The Bertz CT molecular complexity index is 333. The van der Waals surface area contributed by atoms with Gasteiger partial charge in [0.2, 0.25) is 0 Å². The fourth-order valence-corrected chi connectivity index (χ4v) is 1.81. The van der Waals surface area contributed by atoms with Gasteiger partial charge >= 0.3 is 0 Å².